The normalized spacial score (nSPS) is 11.8. The zero-order valence-corrected chi connectivity index (χ0v) is 13.7. The largest absolute Gasteiger partial charge is 0.356 e. The summed E-state index contributed by atoms with van der Waals surface area (Å²) in [5.74, 6) is 0.242. The van der Waals surface area contributed by atoms with Gasteiger partial charge in [0.1, 0.15) is 0 Å². The molecule has 0 radical (unpaired) electrons. The van der Waals surface area contributed by atoms with E-state index in [4.69, 9.17) is 0 Å². The minimum atomic E-state index is -0.245. The Hall–Kier alpha value is -2.04. The van der Waals surface area contributed by atoms with Gasteiger partial charge < -0.3 is 16.0 Å². The van der Waals surface area contributed by atoms with Crippen molar-refractivity contribution in [3.8, 4) is 0 Å². The maximum Gasteiger partial charge on any atom is 0.315 e. The van der Waals surface area contributed by atoms with Gasteiger partial charge in [0.2, 0.25) is 5.91 Å². The van der Waals surface area contributed by atoms with E-state index in [2.05, 4.69) is 29.8 Å². The van der Waals surface area contributed by atoms with E-state index in [0.717, 1.165) is 12.0 Å². The molecule has 0 saturated heterocycles. The number of nitrogens with one attached hydrogen (secondary N) is 3. The molecule has 1 unspecified atom stereocenters. The first kappa shape index (κ1) is 18.0. The Morgan fingerprint density at radius 3 is 2.32 bits per heavy atom. The van der Waals surface area contributed by atoms with Crippen molar-refractivity contribution in [2.24, 2.45) is 5.92 Å². The van der Waals surface area contributed by atoms with Crippen molar-refractivity contribution >= 4 is 11.9 Å². The lowest BCUT2D eigenvalue weighted by molar-refractivity contribution is -0.120. The highest BCUT2D eigenvalue weighted by atomic mass is 16.2. The fourth-order valence-corrected chi connectivity index (χ4v) is 2.13. The Kier molecular flexibility index (Phi) is 8.04. The third-order valence-electron chi connectivity index (χ3n) is 3.32. The van der Waals surface area contributed by atoms with Crippen LogP contribution in [0.4, 0.5) is 4.79 Å². The third kappa shape index (κ3) is 6.61. The predicted octanol–water partition coefficient (Wildman–Crippen LogP) is 2.60. The maximum absolute atomic E-state index is 12.0. The summed E-state index contributed by atoms with van der Waals surface area (Å²) in [6.45, 7) is 7.14. The topological polar surface area (TPSA) is 70.2 Å². The SMILES string of the molecule is CCCNC(=O)CCNC(=O)NC(c1ccccc1)C(C)C. The van der Waals surface area contributed by atoms with Gasteiger partial charge >= 0.3 is 6.03 Å². The number of benzene rings is 1. The van der Waals surface area contributed by atoms with E-state index in [9.17, 15) is 9.59 Å². The minimum Gasteiger partial charge on any atom is -0.356 e. The van der Waals surface area contributed by atoms with Crippen molar-refractivity contribution in [1.82, 2.24) is 16.0 Å². The van der Waals surface area contributed by atoms with E-state index in [1.807, 2.05) is 37.3 Å². The molecule has 0 aliphatic carbocycles. The Labute approximate surface area is 132 Å². The molecule has 0 aliphatic rings. The second kappa shape index (κ2) is 9.82. The molecular formula is C17H27N3O2. The predicted molar refractivity (Wildman–Crippen MR) is 88.5 cm³/mol. The first-order chi connectivity index (χ1) is 10.5. The summed E-state index contributed by atoms with van der Waals surface area (Å²) in [5.41, 5.74) is 1.08. The molecule has 5 heteroatoms. The second-order valence-corrected chi connectivity index (χ2v) is 5.63. The molecule has 0 aliphatic heterocycles. The molecular weight excluding hydrogens is 278 g/mol. The van der Waals surface area contributed by atoms with Crippen LogP contribution >= 0.6 is 0 Å². The van der Waals surface area contributed by atoms with Crippen molar-refractivity contribution in [2.75, 3.05) is 13.1 Å². The van der Waals surface area contributed by atoms with Crippen molar-refractivity contribution < 1.29 is 9.59 Å². The van der Waals surface area contributed by atoms with Gasteiger partial charge in [0, 0.05) is 19.5 Å². The third-order valence-corrected chi connectivity index (χ3v) is 3.32. The fourth-order valence-electron chi connectivity index (χ4n) is 2.13. The van der Waals surface area contributed by atoms with Crippen LogP contribution in [0.15, 0.2) is 30.3 Å². The number of carbonyl (C=O) groups is 2. The number of hydrogen-bond donors (Lipinski definition) is 3. The van der Waals surface area contributed by atoms with Crippen LogP contribution < -0.4 is 16.0 Å². The molecule has 1 rings (SSSR count). The lowest BCUT2D eigenvalue weighted by Crippen LogP contribution is -2.41. The van der Waals surface area contributed by atoms with Gasteiger partial charge in [-0.05, 0) is 17.9 Å². The molecule has 0 aromatic heterocycles. The highest BCUT2D eigenvalue weighted by Gasteiger charge is 2.17. The number of urea groups is 1. The monoisotopic (exact) mass is 305 g/mol. The van der Waals surface area contributed by atoms with Crippen LogP contribution in [0.25, 0.3) is 0 Å². The van der Waals surface area contributed by atoms with Gasteiger partial charge in [0.15, 0.2) is 0 Å². The van der Waals surface area contributed by atoms with Gasteiger partial charge in [-0.2, -0.15) is 0 Å². The molecule has 3 N–H and O–H groups in total. The molecule has 3 amide bonds. The summed E-state index contributed by atoms with van der Waals surface area (Å²) >= 11 is 0. The van der Waals surface area contributed by atoms with Crippen LogP contribution in [0.5, 0.6) is 0 Å². The van der Waals surface area contributed by atoms with Crippen LogP contribution in [0.3, 0.4) is 0 Å². The van der Waals surface area contributed by atoms with Gasteiger partial charge in [-0.3, -0.25) is 4.79 Å². The van der Waals surface area contributed by atoms with Crippen LogP contribution in [0.2, 0.25) is 0 Å². The number of hydrogen-bond acceptors (Lipinski definition) is 2. The van der Waals surface area contributed by atoms with E-state index in [1.54, 1.807) is 0 Å². The standard InChI is InChI=1S/C17H27N3O2/c1-4-11-18-15(21)10-12-19-17(22)20-16(13(2)3)14-8-6-5-7-9-14/h5-9,13,16H,4,10-12H2,1-3H3,(H,18,21)(H2,19,20,22). The van der Waals surface area contributed by atoms with E-state index in [0.29, 0.717) is 19.5 Å². The average molecular weight is 305 g/mol. The molecule has 1 atom stereocenters. The van der Waals surface area contributed by atoms with Crippen LogP contribution in [0.1, 0.15) is 45.2 Å². The van der Waals surface area contributed by atoms with Crippen molar-refractivity contribution in [2.45, 2.75) is 39.7 Å². The van der Waals surface area contributed by atoms with Gasteiger partial charge in [0.05, 0.1) is 6.04 Å². The molecule has 1 aromatic rings. The second-order valence-electron chi connectivity index (χ2n) is 5.63. The molecule has 0 bridgehead atoms. The lowest BCUT2D eigenvalue weighted by Gasteiger charge is -2.23. The lowest BCUT2D eigenvalue weighted by atomic mass is 9.96. The number of amides is 3. The molecule has 0 heterocycles. The molecule has 0 fully saturated rings. The van der Waals surface area contributed by atoms with Gasteiger partial charge in [-0.1, -0.05) is 51.1 Å². The smallest absolute Gasteiger partial charge is 0.315 e. The Bertz CT molecular complexity index is 460. The maximum atomic E-state index is 12.0. The van der Waals surface area contributed by atoms with Gasteiger partial charge in [-0.25, -0.2) is 4.79 Å². The summed E-state index contributed by atoms with van der Waals surface area (Å²) in [7, 11) is 0. The minimum absolute atomic E-state index is 0.0365. The summed E-state index contributed by atoms with van der Waals surface area (Å²) in [4.78, 5) is 23.4. The zero-order valence-electron chi connectivity index (χ0n) is 13.7. The number of carbonyl (C=O) groups excluding carboxylic acids is 2. The Morgan fingerprint density at radius 2 is 1.73 bits per heavy atom. The molecule has 0 saturated carbocycles. The van der Waals surface area contributed by atoms with E-state index >= 15 is 0 Å². The summed E-state index contributed by atoms with van der Waals surface area (Å²) in [5, 5.41) is 8.48. The van der Waals surface area contributed by atoms with Gasteiger partial charge in [0.25, 0.3) is 0 Å². The van der Waals surface area contributed by atoms with Crippen LogP contribution in [-0.4, -0.2) is 25.0 Å². The first-order valence-corrected chi connectivity index (χ1v) is 7.90. The fraction of sp³-hybridized carbons (Fsp3) is 0.529. The molecule has 22 heavy (non-hydrogen) atoms. The highest BCUT2D eigenvalue weighted by molar-refractivity contribution is 5.78. The van der Waals surface area contributed by atoms with Crippen LogP contribution in [-0.2, 0) is 4.79 Å². The molecule has 0 spiro atoms. The molecule has 122 valence electrons. The molecule has 5 nitrogen and oxygen atoms in total. The highest BCUT2D eigenvalue weighted by Crippen LogP contribution is 2.20. The van der Waals surface area contributed by atoms with Crippen molar-refractivity contribution in [3.63, 3.8) is 0 Å². The van der Waals surface area contributed by atoms with E-state index in [1.165, 1.54) is 0 Å². The van der Waals surface area contributed by atoms with E-state index < -0.39 is 0 Å². The summed E-state index contributed by atoms with van der Waals surface area (Å²) < 4.78 is 0. The van der Waals surface area contributed by atoms with Gasteiger partial charge in [-0.15, -0.1) is 0 Å². The van der Waals surface area contributed by atoms with Crippen molar-refractivity contribution in [3.05, 3.63) is 35.9 Å². The zero-order chi connectivity index (χ0) is 16.4. The van der Waals surface area contributed by atoms with E-state index in [-0.39, 0.29) is 23.9 Å². The number of rotatable bonds is 8. The summed E-state index contributed by atoms with van der Waals surface area (Å²) in [6, 6.07) is 9.59. The molecule has 1 aromatic carbocycles. The van der Waals surface area contributed by atoms with Crippen LogP contribution in [0, 0.1) is 5.92 Å². The first-order valence-electron chi connectivity index (χ1n) is 7.90. The average Bonchev–Trinajstić information content (AvgIpc) is 2.51. The van der Waals surface area contributed by atoms with Crippen molar-refractivity contribution in [1.29, 1.82) is 0 Å². The quantitative estimate of drug-likeness (QED) is 0.691. The summed E-state index contributed by atoms with van der Waals surface area (Å²) in [6.07, 6.45) is 1.21. The Balaban J connectivity index is 2.40. The Morgan fingerprint density at radius 1 is 1.05 bits per heavy atom.